The predicted molar refractivity (Wildman–Crippen MR) is 108 cm³/mol. The van der Waals surface area contributed by atoms with Crippen LogP contribution in [0.3, 0.4) is 0 Å². The van der Waals surface area contributed by atoms with Gasteiger partial charge in [-0.15, -0.1) is 0 Å². The Morgan fingerprint density at radius 3 is 2.93 bits per heavy atom. The molecule has 150 valence electrons. The van der Waals surface area contributed by atoms with Gasteiger partial charge in [0.2, 0.25) is 0 Å². The van der Waals surface area contributed by atoms with Gasteiger partial charge < -0.3 is 24.8 Å². The Bertz CT molecular complexity index is 834. The Hall–Kier alpha value is -2.61. The van der Waals surface area contributed by atoms with Gasteiger partial charge in [-0.2, -0.15) is 0 Å². The number of aliphatic imine (C=N–C) groups is 1. The maximum Gasteiger partial charge on any atom is 0.251 e. The zero-order chi connectivity index (χ0) is 19.3. The lowest BCUT2D eigenvalue weighted by molar-refractivity contribution is -0.142. The van der Waals surface area contributed by atoms with E-state index < -0.39 is 0 Å². The summed E-state index contributed by atoms with van der Waals surface area (Å²) >= 11 is 0. The first-order valence-electron chi connectivity index (χ1n) is 10.0. The van der Waals surface area contributed by atoms with Crippen molar-refractivity contribution in [1.29, 1.82) is 0 Å². The number of aromatic nitrogens is 2. The summed E-state index contributed by atoms with van der Waals surface area (Å²) in [5.41, 5.74) is 2.17. The lowest BCUT2D eigenvalue weighted by atomic mass is 10.1. The van der Waals surface area contributed by atoms with Gasteiger partial charge in [0.15, 0.2) is 5.96 Å². The van der Waals surface area contributed by atoms with Crippen LogP contribution in [0.5, 0.6) is 0 Å². The third-order valence-electron chi connectivity index (χ3n) is 5.52. The van der Waals surface area contributed by atoms with Crippen LogP contribution in [-0.2, 0) is 16.0 Å². The van der Waals surface area contributed by atoms with Gasteiger partial charge in [0.1, 0.15) is 11.8 Å². The summed E-state index contributed by atoms with van der Waals surface area (Å²) in [5.74, 6) is 1.04. The molecule has 28 heavy (non-hydrogen) atoms. The molecule has 0 radical (unpaired) electrons. The molecule has 8 nitrogen and oxygen atoms in total. The molecule has 2 aliphatic heterocycles. The molecule has 2 aromatic rings. The molecule has 1 unspecified atom stereocenters. The number of carbonyl (C=O) groups excluding carboxylic acids is 1. The molecule has 0 saturated carbocycles. The van der Waals surface area contributed by atoms with Crippen molar-refractivity contribution in [1.82, 2.24) is 25.1 Å². The number of aromatic amines is 1. The van der Waals surface area contributed by atoms with Crippen molar-refractivity contribution in [2.45, 2.75) is 25.4 Å². The van der Waals surface area contributed by atoms with E-state index in [1.165, 1.54) is 10.9 Å². The number of guanidine groups is 1. The molecule has 2 fully saturated rings. The number of rotatable bonds is 4. The summed E-state index contributed by atoms with van der Waals surface area (Å²) in [6.45, 7) is 4.51. The van der Waals surface area contributed by atoms with Crippen LogP contribution in [0.4, 0.5) is 0 Å². The second-order valence-electron chi connectivity index (χ2n) is 7.25. The van der Waals surface area contributed by atoms with E-state index in [2.05, 4.69) is 31.2 Å². The van der Waals surface area contributed by atoms with Crippen molar-refractivity contribution in [3.05, 3.63) is 30.1 Å². The number of fused-ring (bicyclic) bond motifs is 1. The average Bonchev–Trinajstić information content (AvgIpc) is 3.41. The minimum absolute atomic E-state index is 0.146. The minimum atomic E-state index is -0.227. The number of H-pyrrole nitrogens is 1. The number of nitrogens with one attached hydrogen (secondary N) is 2. The van der Waals surface area contributed by atoms with Crippen molar-refractivity contribution >= 4 is 22.9 Å². The van der Waals surface area contributed by atoms with E-state index >= 15 is 0 Å². The number of amides is 1. The van der Waals surface area contributed by atoms with Crippen molar-refractivity contribution in [3.63, 3.8) is 0 Å². The maximum absolute atomic E-state index is 12.5. The topological polar surface area (TPSA) is 85.9 Å². The van der Waals surface area contributed by atoms with Crippen LogP contribution in [0.2, 0.25) is 0 Å². The molecular weight excluding hydrogens is 356 g/mol. The summed E-state index contributed by atoms with van der Waals surface area (Å²) in [7, 11) is 1.81. The summed E-state index contributed by atoms with van der Waals surface area (Å²) in [5, 5.41) is 4.62. The Morgan fingerprint density at radius 2 is 2.18 bits per heavy atom. The lowest BCUT2D eigenvalue weighted by Crippen LogP contribution is -2.55. The van der Waals surface area contributed by atoms with Gasteiger partial charge in [0, 0.05) is 64.2 Å². The fraction of sp³-hybridized carbons (Fsp3) is 0.550. The van der Waals surface area contributed by atoms with Crippen molar-refractivity contribution < 1.29 is 9.53 Å². The SMILES string of the molecule is CN=C(NCCc1c[nH]c2ncccc12)N1CCN(C(=O)C2CCCO2)CC1. The maximum atomic E-state index is 12.5. The molecule has 8 heteroatoms. The normalized spacial score (nSPS) is 20.8. The van der Waals surface area contributed by atoms with Gasteiger partial charge in [0.05, 0.1) is 0 Å². The van der Waals surface area contributed by atoms with E-state index in [-0.39, 0.29) is 12.0 Å². The van der Waals surface area contributed by atoms with Gasteiger partial charge in [-0.3, -0.25) is 9.79 Å². The van der Waals surface area contributed by atoms with E-state index in [1.807, 2.05) is 24.2 Å². The van der Waals surface area contributed by atoms with E-state index in [4.69, 9.17) is 4.74 Å². The molecule has 0 spiro atoms. The quantitative estimate of drug-likeness (QED) is 0.607. The summed E-state index contributed by atoms with van der Waals surface area (Å²) in [6, 6.07) is 4.05. The van der Waals surface area contributed by atoms with Gasteiger partial charge in [-0.25, -0.2) is 4.98 Å². The molecule has 2 aromatic heterocycles. The van der Waals surface area contributed by atoms with Crippen LogP contribution >= 0.6 is 0 Å². The first kappa shape index (κ1) is 18.7. The average molecular weight is 384 g/mol. The first-order valence-corrected chi connectivity index (χ1v) is 10.0. The van der Waals surface area contributed by atoms with Crippen LogP contribution < -0.4 is 5.32 Å². The third kappa shape index (κ3) is 3.96. The van der Waals surface area contributed by atoms with Crippen LogP contribution in [0.15, 0.2) is 29.5 Å². The van der Waals surface area contributed by atoms with E-state index in [0.717, 1.165) is 50.5 Å². The Labute approximate surface area is 165 Å². The highest BCUT2D eigenvalue weighted by Crippen LogP contribution is 2.17. The zero-order valence-corrected chi connectivity index (χ0v) is 16.4. The molecule has 2 saturated heterocycles. The number of hydrogen-bond donors (Lipinski definition) is 2. The lowest BCUT2D eigenvalue weighted by Gasteiger charge is -2.37. The third-order valence-corrected chi connectivity index (χ3v) is 5.52. The number of piperazine rings is 1. The fourth-order valence-electron chi connectivity index (χ4n) is 3.98. The second kappa shape index (κ2) is 8.60. The van der Waals surface area contributed by atoms with Crippen molar-refractivity contribution in [2.24, 2.45) is 4.99 Å². The van der Waals surface area contributed by atoms with Gasteiger partial charge in [-0.1, -0.05) is 0 Å². The fourth-order valence-corrected chi connectivity index (χ4v) is 3.98. The minimum Gasteiger partial charge on any atom is -0.368 e. The Balaban J connectivity index is 1.26. The molecule has 4 rings (SSSR count). The van der Waals surface area contributed by atoms with E-state index in [1.54, 1.807) is 6.20 Å². The van der Waals surface area contributed by atoms with Gasteiger partial charge in [0.25, 0.3) is 5.91 Å². The monoisotopic (exact) mass is 384 g/mol. The predicted octanol–water partition coefficient (Wildman–Crippen LogP) is 1.00. The highest BCUT2D eigenvalue weighted by Gasteiger charge is 2.30. The van der Waals surface area contributed by atoms with Gasteiger partial charge in [-0.05, 0) is 37.0 Å². The first-order chi connectivity index (χ1) is 13.8. The summed E-state index contributed by atoms with van der Waals surface area (Å²) < 4.78 is 5.53. The number of nitrogens with zero attached hydrogens (tertiary/aromatic N) is 4. The molecule has 2 N–H and O–H groups in total. The standard InChI is InChI=1S/C20H28N6O2/c1-21-20(23-8-6-15-14-24-18-16(15)4-2-7-22-18)26-11-9-25(10-12-26)19(27)17-5-3-13-28-17/h2,4,7,14,17H,3,5-6,8-13H2,1H3,(H,21,23)(H,22,24). The number of ether oxygens (including phenoxy) is 1. The summed E-state index contributed by atoms with van der Waals surface area (Å²) in [4.78, 5) is 28.6. The molecule has 1 atom stereocenters. The number of hydrogen-bond acceptors (Lipinski definition) is 4. The molecular formula is C20H28N6O2. The van der Waals surface area contributed by atoms with Gasteiger partial charge >= 0.3 is 0 Å². The molecule has 0 aromatic carbocycles. The molecule has 2 aliphatic rings. The molecule has 0 aliphatic carbocycles. The molecule has 1 amide bonds. The van der Waals surface area contributed by atoms with Crippen molar-refractivity contribution in [2.75, 3.05) is 46.4 Å². The van der Waals surface area contributed by atoms with Crippen LogP contribution in [0.1, 0.15) is 18.4 Å². The zero-order valence-electron chi connectivity index (χ0n) is 16.4. The highest BCUT2D eigenvalue weighted by atomic mass is 16.5. The molecule has 4 heterocycles. The van der Waals surface area contributed by atoms with Crippen LogP contribution in [-0.4, -0.2) is 84.1 Å². The second-order valence-corrected chi connectivity index (χ2v) is 7.25. The smallest absolute Gasteiger partial charge is 0.251 e. The number of pyridine rings is 1. The number of carbonyl (C=O) groups is 1. The van der Waals surface area contributed by atoms with Crippen LogP contribution in [0.25, 0.3) is 11.0 Å². The van der Waals surface area contributed by atoms with E-state index in [9.17, 15) is 4.79 Å². The largest absolute Gasteiger partial charge is 0.368 e. The van der Waals surface area contributed by atoms with Crippen molar-refractivity contribution in [3.8, 4) is 0 Å². The summed E-state index contributed by atoms with van der Waals surface area (Å²) in [6.07, 6.45) is 6.33. The Morgan fingerprint density at radius 1 is 1.36 bits per heavy atom. The van der Waals surface area contributed by atoms with Crippen LogP contribution in [0, 0.1) is 0 Å². The molecule has 0 bridgehead atoms. The highest BCUT2D eigenvalue weighted by molar-refractivity contribution is 5.83. The van der Waals surface area contributed by atoms with E-state index in [0.29, 0.717) is 19.7 Å². The Kier molecular flexibility index (Phi) is 5.76.